The quantitative estimate of drug-likeness (QED) is 0.892. The summed E-state index contributed by atoms with van der Waals surface area (Å²) in [6.07, 6.45) is 7.15. The monoisotopic (exact) mass is 363 g/mol. The number of carbonyl (C=O) groups excluding carboxylic acids is 1. The number of carbonyl (C=O) groups is 1. The minimum absolute atomic E-state index is 0.128. The Morgan fingerprint density at radius 1 is 1.04 bits per heavy atom. The maximum absolute atomic E-state index is 13.3. The van der Waals surface area contributed by atoms with Crippen molar-refractivity contribution in [2.24, 2.45) is 0 Å². The molecular weight excluding hydrogens is 338 g/mol. The summed E-state index contributed by atoms with van der Waals surface area (Å²) in [7, 11) is 0. The van der Waals surface area contributed by atoms with E-state index in [1.54, 1.807) is 0 Å². The summed E-state index contributed by atoms with van der Waals surface area (Å²) in [6.45, 7) is 1.36. The Morgan fingerprint density at radius 2 is 1.72 bits per heavy atom. The van der Waals surface area contributed by atoms with Crippen LogP contribution in [0.2, 0.25) is 5.02 Å². The van der Waals surface area contributed by atoms with Gasteiger partial charge in [-0.15, -0.1) is 0 Å². The molecule has 5 heteroatoms. The van der Waals surface area contributed by atoms with Crippen LogP contribution in [0.25, 0.3) is 0 Å². The van der Waals surface area contributed by atoms with Crippen molar-refractivity contribution < 1.29 is 14.3 Å². The second-order valence-corrected chi connectivity index (χ2v) is 8.03. The van der Waals surface area contributed by atoms with Gasteiger partial charge in [0.2, 0.25) is 5.91 Å². The fourth-order valence-electron chi connectivity index (χ4n) is 4.72. The molecule has 2 saturated carbocycles. The van der Waals surface area contributed by atoms with E-state index in [1.807, 2.05) is 24.3 Å². The van der Waals surface area contributed by atoms with Crippen molar-refractivity contribution in [3.05, 3.63) is 34.9 Å². The first-order valence-electron chi connectivity index (χ1n) is 9.48. The maximum Gasteiger partial charge on any atom is 0.230 e. The number of hydrogen-bond acceptors (Lipinski definition) is 3. The van der Waals surface area contributed by atoms with Gasteiger partial charge in [0.25, 0.3) is 0 Å². The van der Waals surface area contributed by atoms with E-state index in [1.165, 1.54) is 0 Å². The molecule has 0 aromatic heterocycles. The van der Waals surface area contributed by atoms with Crippen LogP contribution in [0.5, 0.6) is 0 Å². The molecule has 1 aromatic rings. The number of amides is 1. The molecule has 0 bridgehead atoms. The van der Waals surface area contributed by atoms with Gasteiger partial charge in [0.1, 0.15) is 0 Å². The molecule has 1 N–H and O–H groups in total. The van der Waals surface area contributed by atoms with Crippen LogP contribution in [0.4, 0.5) is 0 Å². The highest BCUT2D eigenvalue weighted by atomic mass is 35.5. The average Bonchev–Trinajstić information content (AvgIpc) is 3.13. The molecule has 0 radical (unpaired) electrons. The summed E-state index contributed by atoms with van der Waals surface area (Å²) >= 11 is 6.04. The lowest BCUT2D eigenvalue weighted by Gasteiger charge is -2.40. The summed E-state index contributed by atoms with van der Waals surface area (Å²) in [4.78, 5) is 13.3. The Morgan fingerprint density at radius 3 is 2.44 bits per heavy atom. The third kappa shape index (κ3) is 3.44. The van der Waals surface area contributed by atoms with Crippen LogP contribution in [0.1, 0.15) is 50.5 Å². The van der Waals surface area contributed by atoms with Crippen LogP contribution < -0.4 is 5.32 Å². The van der Waals surface area contributed by atoms with Gasteiger partial charge in [0, 0.05) is 11.1 Å². The lowest BCUT2D eigenvalue weighted by atomic mass is 9.77. The average molecular weight is 364 g/mol. The molecule has 3 fully saturated rings. The van der Waals surface area contributed by atoms with Gasteiger partial charge in [-0.25, -0.2) is 0 Å². The summed E-state index contributed by atoms with van der Waals surface area (Å²) in [5.41, 5.74) is 0.698. The summed E-state index contributed by atoms with van der Waals surface area (Å²) in [5, 5.41) is 4.05. The normalized spacial score (nSPS) is 31.3. The molecule has 0 spiro atoms. The van der Waals surface area contributed by atoms with Crippen molar-refractivity contribution in [2.75, 3.05) is 13.2 Å². The summed E-state index contributed by atoms with van der Waals surface area (Å²) < 4.78 is 11.6. The molecule has 25 heavy (non-hydrogen) atoms. The first-order valence-corrected chi connectivity index (χ1v) is 9.85. The standard InChI is InChI=1S/C20H26ClNO3/c21-15-5-3-14(4-6-15)20(9-1-2-10-20)19(23)22-16-7-8-17-18(13-16)25-12-11-24-17/h3-6,16-18H,1-2,7-13H2,(H,22,23). The van der Waals surface area contributed by atoms with Crippen LogP contribution in [0, 0.1) is 0 Å². The van der Waals surface area contributed by atoms with Crippen molar-refractivity contribution >= 4 is 17.5 Å². The summed E-state index contributed by atoms with van der Waals surface area (Å²) in [6, 6.07) is 8.00. The lowest BCUT2D eigenvalue weighted by molar-refractivity contribution is -0.159. The van der Waals surface area contributed by atoms with Crippen molar-refractivity contribution in [1.82, 2.24) is 5.32 Å². The minimum atomic E-state index is -0.397. The first-order chi connectivity index (χ1) is 12.2. The van der Waals surface area contributed by atoms with E-state index in [9.17, 15) is 4.79 Å². The predicted octanol–water partition coefficient (Wildman–Crippen LogP) is 3.60. The van der Waals surface area contributed by atoms with E-state index in [-0.39, 0.29) is 24.2 Å². The predicted molar refractivity (Wildman–Crippen MR) is 96.9 cm³/mol. The molecule has 1 heterocycles. The second-order valence-electron chi connectivity index (χ2n) is 7.60. The molecule has 1 aliphatic heterocycles. The molecule has 1 aromatic carbocycles. The smallest absolute Gasteiger partial charge is 0.230 e. The highest BCUT2D eigenvalue weighted by molar-refractivity contribution is 6.30. The molecule has 1 amide bonds. The third-order valence-corrected chi connectivity index (χ3v) is 6.35. The maximum atomic E-state index is 13.3. The van der Waals surface area contributed by atoms with E-state index >= 15 is 0 Å². The molecule has 4 rings (SSSR count). The van der Waals surface area contributed by atoms with Crippen LogP contribution in [0.15, 0.2) is 24.3 Å². The van der Waals surface area contributed by atoms with Crippen LogP contribution in [-0.2, 0) is 19.7 Å². The Labute approximate surface area is 154 Å². The lowest BCUT2D eigenvalue weighted by Crippen LogP contribution is -2.52. The topological polar surface area (TPSA) is 47.6 Å². The Bertz CT molecular complexity index is 612. The van der Waals surface area contributed by atoms with Crippen molar-refractivity contribution in [3.8, 4) is 0 Å². The molecule has 3 aliphatic rings. The molecule has 3 atom stereocenters. The fourth-order valence-corrected chi connectivity index (χ4v) is 4.84. The SMILES string of the molecule is O=C(NC1CCC2OCCOC2C1)C1(c2ccc(Cl)cc2)CCCC1. The van der Waals surface area contributed by atoms with Crippen molar-refractivity contribution in [3.63, 3.8) is 0 Å². The van der Waals surface area contributed by atoms with Gasteiger partial charge in [0.15, 0.2) is 0 Å². The number of halogens is 1. The molecular formula is C20H26ClNO3. The van der Waals surface area contributed by atoms with Gasteiger partial charge in [0.05, 0.1) is 30.8 Å². The third-order valence-electron chi connectivity index (χ3n) is 6.10. The van der Waals surface area contributed by atoms with Crippen molar-refractivity contribution in [1.29, 1.82) is 0 Å². The zero-order valence-corrected chi connectivity index (χ0v) is 15.3. The van der Waals surface area contributed by atoms with E-state index in [4.69, 9.17) is 21.1 Å². The van der Waals surface area contributed by atoms with Gasteiger partial charge >= 0.3 is 0 Å². The number of nitrogens with one attached hydrogen (secondary N) is 1. The van der Waals surface area contributed by atoms with Gasteiger partial charge in [-0.1, -0.05) is 36.6 Å². The van der Waals surface area contributed by atoms with Gasteiger partial charge < -0.3 is 14.8 Å². The largest absolute Gasteiger partial charge is 0.373 e. The highest BCUT2D eigenvalue weighted by Crippen LogP contribution is 2.42. The Balaban J connectivity index is 1.47. The Hall–Kier alpha value is -1.10. The molecule has 3 unspecified atom stereocenters. The zero-order valence-electron chi connectivity index (χ0n) is 14.5. The molecule has 136 valence electrons. The number of benzene rings is 1. The van der Waals surface area contributed by atoms with E-state index < -0.39 is 5.41 Å². The Kier molecular flexibility index (Phi) is 5.03. The fraction of sp³-hybridized carbons (Fsp3) is 0.650. The minimum Gasteiger partial charge on any atom is -0.373 e. The van der Waals surface area contributed by atoms with Gasteiger partial charge in [-0.2, -0.15) is 0 Å². The van der Waals surface area contributed by atoms with Crippen molar-refractivity contribution in [2.45, 2.75) is 68.6 Å². The highest BCUT2D eigenvalue weighted by Gasteiger charge is 2.44. The van der Waals surface area contributed by atoms with Crippen LogP contribution in [0.3, 0.4) is 0 Å². The number of rotatable bonds is 3. The second kappa shape index (κ2) is 7.26. The number of ether oxygens (including phenoxy) is 2. The van der Waals surface area contributed by atoms with E-state index in [0.717, 1.165) is 50.5 Å². The van der Waals surface area contributed by atoms with E-state index in [2.05, 4.69) is 5.32 Å². The first kappa shape index (κ1) is 17.3. The van der Waals surface area contributed by atoms with Gasteiger partial charge in [-0.3, -0.25) is 4.79 Å². The summed E-state index contributed by atoms with van der Waals surface area (Å²) in [5.74, 6) is 0.174. The number of fused-ring (bicyclic) bond motifs is 1. The van der Waals surface area contributed by atoms with Crippen LogP contribution in [-0.4, -0.2) is 37.4 Å². The molecule has 2 aliphatic carbocycles. The zero-order chi connectivity index (χ0) is 17.3. The van der Waals surface area contributed by atoms with E-state index in [0.29, 0.717) is 18.2 Å². The molecule has 1 saturated heterocycles. The van der Waals surface area contributed by atoms with Crippen LogP contribution >= 0.6 is 11.6 Å². The number of hydrogen-bond donors (Lipinski definition) is 1. The molecule has 4 nitrogen and oxygen atoms in total. The van der Waals surface area contributed by atoms with Gasteiger partial charge in [-0.05, 0) is 49.8 Å².